The van der Waals surface area contributed by atoms with Gasteiger partial charge in [-0.25, -0.2) is 4.79 Å². The quantitative estimate of drug-likeness (QED) is 0.775. The number of hydrogen-bond acceptors (Lipinski definition) is 2. The Bertz CT molecular complexity index is 704. The molecule has 0 heterocycles. The third-order valence-corrected chi connectivity index (χ3v) is 3.42. The summed E-state index contributed by atoms with van der Waals surface area (Å²) in [6.07, 6.45) is 0.893. The normalized spacial score (nSPS) is 10.1. The lowest BCUT2D eigenvalue weighted by Crippen LogP contribution is -2.24. The molecule has 126 valence electrons. The van der Waals surface area contributed by atoms with Crippen molar-refractivity contribution >= 4 is 23.3 Å². The molecular weight excluding hydrogens is 302 g/mol. The summed E-state index contributed by atoms with van der Waals surface area (Å²) in [7, 11) is 0. The third-order valence-electron chi connectivity index (χ3n) is 3.42. The second kappa shape index (κ2) is 8.15. The van der Waals surface area contributed by atoms with Crippen LogP contribution in [0.3, 0.4) is 0 Å². The Morgan fingerprint density at radius 2 is 1.46 bits per heavy atom. The maximum atomic E-state index is 12.1. The highest BCUT2D eigenvalue weighted by Crippen LogP contribution is 2.15. The van der Waals surface area contributed by atoms with Gasteiger partial charge in [0.05, 0.1) is 0 Å². The summed E-state index contributed by atoms with van der Waals surface area (Å²) in [4.78, 5) is 23.9. The van der Waals surface area contributed by atoms with E-state index in [1.807, 2.05) is 39.0 Å². The molecule has 3 amide bonds. The number of nitrogens with one attached hydrogen (secondary N) is 3. The molecule has 5 heteroatoms. The van der Waals surface area contributed by atoms with E-state index in [0.717, 1.165) is 23.2 Å². The number of benzene rings is 2. The first-order valence-electron chi connectivity index (χ1n) is 8.02. The van der Waals surface area contributed by atoms with Gasteiger partial charge in [0.2, 0.25) is 0 Å². The van der Waals surface area contributed by atoms with Gasteiger partial charge in [0.15, 0.2) is 0 Å². The number of carbonyl (C=O) groups excluding carboxylic acids is 2. The molecule has 0 aliphatic heterocycles. The standard InChI is InChI=1S/C19H23N3O2/c1-4-9-20-18(23)15-5-7-16(8-6-15)21-19(24)22-17-11-13(2)10-14(3)12-17/h5-8,10-12H,4,9H2,1-3H3,(H,20,23)(H2,21,22,24). The van der Waals surface area contributed by atoms with Crippen LogP contribution in [0.4, 0.5) is 16.2 Å². The predicted octanol–water partition coefficient (Wildman–Crippen LogP) is 4.09. The molecule has 0 radical (unpaired) electrons. The highest BCUT2D eigenvalue weighted by molar-refractivity contribution is 6.00. The minimum Gasteiger partial charge on any atom is -0.352 e. The lowest BCUT2D eigenvalue weighted by Gasteiger charge is -2.10. The van der Waals surface area contributed by atoms with E-state index in [1.54, 1.807) is 24.3 Å². The molecule has 0 atom stereocenters. The Morgan fingerprint density at radius 3 is 2.04 bits per heavy atom. The molecule has 0 fully saturated rings. The zero-order valence-electron chi connectivity index (χ0n) is 14.3. The van der Waals surface area contributed by atoms with E-state index in [2.05, 4.69) is 16.0 Å². The molecule has 2 aromatic carbocycles. The summed E-state index contributed by atoms with van der Waals surface area (Å²) in [6, 6.07) is 12.4. The fraction of sp³-hybridized carbons (Fsp3) is 0.263. The Kier molecular flexibility index (Phi) is 5.95. The van der Waals surface area contributed by atoms with Crippen molar-refractivity contribution in [3.05, 3.63) is 59.2 Å². The van der Waals surface area contributed by atoms with Crippen LogP contribution in [0.25, 0.3) is 0 Å². The van der Waals surface area contributed by atoms with Gasteiger partial charge in [0.25, 0.3) is 5.91 Å². The zero-order chi connectivity index (χ0) is 17.5. The summed E-state index contributed by atoms with van der Waals surface area (Å²) in [5, 5.41) is 8.38. The third kappa shape index (κ3) is 5.12. The first-order chi connectivity index (χ1) is 11.5. The van der Waals surface area contributed by atoms with Crippen LogP contribution >= 0.6 is 0 Å². The average Bonchev–Trinajstić information content (AvgIpc) is 2.52. The molecule has 0 unspecified atom stereocenters. The molecule has 3 N–H and O–H groups in total. The molecule has 0 aromatic heterocycles. The van der Waals surface area contributed by atoms with E-state index >= 15 is 0 Å². The van der Waals surface area contributed by atoms with E-state index in [4.69, 9.17) is 0 Å². The second-order valence-electron chi connectivity index (χ2n) is 5.79. The van der Waals surface area contributed by atoms with Crippen molar-refractivity contribution in [3.63, 3.8) is 0 Å². The van der Waals surface area contributed by atoms with Crippen molar-refractivity contribution in [1.29, 1.82) is 0 Å². The molecule has 5 nitrogen and oxygen atoms in total. The Hall–Kier alpha value is -2.82. The van der Waals surface area contributed by atoms with Crippen LogP contribution in [0.1, 0.15) is 34.8 Å². The number of carbonyl (C=O) groups is 2. The van der Waals surface area contributed by atoms with Crippen LogP contribution in [0, 0.1) is 13.8 Å². The SMILES string of the molecule is CCCNC(=O)c1ccc(NC(=O)Nc2cc(C)cc(C)c2)cc1. The van der Waals surface area contributed by atoms with Crippen molar-refractivity contribution in [2.45, 2.75) is 27.2 Å². The van der Waals surface area contributed by atoms with Gasteiger partial charge in [-0.3, -0.25) is 4.79 Å². The molecule has 24 heavy (non-hydrogen) atoms. The molecule has 2 rings (SSSR count). The van der Waals surface area contributed by atoms with Crippen LogP contribution < -0.4 is 16.0 Å². The van der Waals surface area contributed by atoms with Gasteiger partial charge in [0, 0.05) is 23.5 Å². The molecule has 2 aromatic rings. The van der Waals surface area contributed by atoms with Crippen LogP contribution in [-0.4, -0.2) is 18.5 Å². The van der Waals surface area contributed by atoms with E-state index in [9.17, 15) is 9.59 Å². The topological polar surface area (TPSA) is 70.2 Å². The number of hydrogen-bond donors (Lipinski definition) is 3. The second-order valence-corrected chi connectivity index (χ2v) is 5.79. The van der Waals surface area contributed by atoms with E-state index < -0.39 is 0 Å². The summed E-state index contributed by atoms with van der Waals surface area (Å²) >= 11 is 0. The number of aryl methyl sites for hydroxylation is 2. The minimum absolute atomic E-state index is 0.108. The van der Waals surface area contributed by atoms with Gasteiger partial charge < -0.3 is 16.0 Å². The fourth-order valence-electron chi connectivity index (χ4n) is 2.39. The maximum Gasteiger partial charge on any atom is 0.323 e. The first-order valence-corrected chi connectivity index (χ1v) is 8.02. The van der Waals surface area contributed by atoms with Crippen LogP contribution in [-0.2, 0) is 0 Å². The van der Waals surface area contributed by atoms with Crippen LogP contribution in [0.15, 0.2) is 42.5 Å². The average molecular weight is 325 g/mol. The molecule has 0 spiro atoms. The zero-order valence-corrected chi connectivity index (χ0v) is 14.3. The largest absolute Gasteiger partial charge is 0.352 e. The van der Waals surface area contributed by atoms with Gasteiger partial charge in [-0.05, 0) is 67.8 Å². The molecule has 0 aliphatic carbocycles. The number of urea groups is 1. The molecule has 0 bridgehead atoms. The Morgan fingerprint density at radius 1 is 0.875 bits per heavy atom. The van der Waals surface area contributed by atoms with Gasteiger partial charge >= 0.3 is 6.03 Å². The lowest BCUT2D eigenvalue weighted by molar-refractivity contribution is 0.0953. The fourth-order valence-corrected chi connectivity index (χ4v) is 2.39. The summed E-state index contributed by atoms with van der Waals surface area (Å²) in [5.74, 6) is -0.108. The van der Waals surface area contributed by atoms with Gasteiger partial charge in [-0.15, -0.1) is 0 Å². The molecule has 0 aliphatic rings. The maximum absolute atomic E-state index is 12.1. The van der Waals surface area contributed by atoms with Crippen LogP contribution in [0.5, 0.6) is 0 Å². The number of rotatable bonds is 5. The van der Waals surface area contributed by atoms with Crippen molar-refractivity contribution < 1.29 is 9.59 Å². The first kappa shape index (κ1) is 17.5. The van der Waals surface area contributed by atoms with Gasteiger partial charge in [0.1, 0.15) is 0 Å². The van der Waals surface area contributed by atoms with Gasteiger partial charge in [-0.1, -0.05) is 13.0 Å². The van der Waals surface area contributed by atoms with Crippen molar-refractivity contribution in [2.24, 2.45) is 0 Å². The summed E-state index contributed by atoms with van der Waals surface area (Å²) < 4.78 is 0. The van der Waals surface area contributed by atoms with E-state index in [1.165, 1.54) is 0 Å². The van der Waals surface area contributed by atoms with E-state index in [-0.39, 0.29) is 11.9 Å². The van der Waals surface area contributed by atoms with Gasteiger partial charge in [-0.2, -0.15) is 0 Å². The molecule has 0 saturated heterocycles. The Labute approximate surface area is 142 Å². The Balaban J connectivity index is 1.95. The predicted molar refractivity (Wildman–Crippen MR) is 97.6 cm³/mol. The van der Waals surface area contributed by atoms with E-state index in [0.29, 0.717) is 17.8 Å². The minimum atomic E-state index is -0.316. The summed E-state index contributed by atoms with van der Waals surface area (Å²) in [6.45, 7) is 6.62. The molecular formula is C19H23N3O2. The van der Waals surface area contributed by atoms with Crippen molar-refractivity contribution in [2.75, 3.05) is 17.2 Å². The highest BCUT2D eigenvalue weighted by Gasteiger charge is 2.06. The number of anilines is 2. The molecule has 0 saturated carbocycles. The monoisotopic (exact) mass is 325 g/mol. The lowest BCUT2D eigenvalue weighted by atomic mass is 10.1. The smallest absolute Gasteiger partial charge is 0.323 e. The number of amides is 3. The highest BCUT2D eigenvalue weighted by atomic mass is 16.2. The van der Waals surface area contributed by atoms with Crippen LogP contribution in [0.2, 0.25) is 0 Å². The summed E-state index contributed by atoms with van der Waals surface area (Å²) in [5.41, 5.74) is 4.13. The van der Waals surface area contributed by atoms with Crippen molar-refractivity contribution in [3.8, 4) is 0 Å². The van der Waals surface area contributed by atoms with Crippen molar-refractivity contribution in [1.82, 2.24) is 5.32 Å².